The summed E-state index contributed by atoms with van der Waals surface area (Å²) in [5.41, 5.74) is 2.36. The fourth-order valence-corrected chi connectivity index (χ4v) is 3.73. The van der Waals surface area contributed by atoms with Crippen LogP contribution in [0.2, 0.25) is 0 Å². The Kier molecular flexibility index (Phi) is 5.92. The molecule has 0 bridgehead atoms. The Morgan fingerprint density at radius 1 is 0.966 bits per heavy atom. The molecule has 0 radical (unpaired) electrons. The van der Waals surface area contributed by atoms with E-state index in [2.05, 4.69) is 18.7 Å². The molecule has 29 heavy (non-hydrogen) atoms. The number of anilines is 2. The molecule has 0 spiro atoms. The van der Waals surface area contributed by atoms with Gasteiger partial charge in [0.2, 0.25) is 0 Å². The maximum atomic E-state index is 12.9. The van der Waals surface area contributed by atoms with Gasteiger partial charge in [-0.05, 0) is 55.8 Å². The zero-order valence-electron chi connectivity index (χ0n) is 16.9. The smallest absolute Gasteiger partial charge is 0.294 e. The molecule has 0 aliphatic carbocycles. The van der Waals surface area contributed by atoms with Crippen molar-refractivity contribution in [2.75, 3.05) is 22.9 Å². The standard InChI is InChI=1S/C23H26N2O4/c1-4-19(27)20-21(15-7-13-18(26)14-8-15)25(23(29)22(20)28)17-11-9-16(10-12-17)24(5-2)6-3/h7-14,21,26,28H,4-6H2,1-3H3. The van der Waals surface area contributed by atoms with E-state index in [0.717, 1.165) is 18.8 Å². The Balaban J connectivity index is 2.07. The number of benzene rings is 2. The van der Waals surface area contributed by atoms with E-state index in [1.165, 1.54) is 17.0 Å². The number of phenolic OH excluding ortho intramolecular Hbond substituents is 1. The molecule has 1 amide bonds. The number of nitrogens with zero attached hydrogens (tertiary/aromatic N) is 2. The quantitative estimate of drug-likeness (QED) is 0.738. The van der Waals surface area contributed by atoms with Crippen molar-refractivity contribution in [3.8, 4) is 5.75 Å². The lowest BCUT2D eigenvalue weighted by molar-refractivity contribution is -0.118. The molecule has 2 aromatic rings. The second-order valence-electron chi connectivity index (χ2n) is 6.90. The third-order valence-corrected chi connectivity index (χ3v) is 5.29. The van der Waals surface area contributed by atoms with Crippen LogP contribution in [-0.4, -0.2) is 35.0 Å². The molecule has 2 N–H and O–H groups in total. The highest BCUT2D eigenvalue weighted by molar-refractivity contribution is 6.16. The van der Waals surface area contributed by atoms with Gasteiger partial charge in [-0.2, -0.15) is 0 Å². The molecule has 1 aliphatic heterocycles. The number of amides is 1. The SMILES string of the molecule is CCC(=O)C1=C(O)C(=O)N(c2ccc(N(CC)CC)cc2)C1c1ccc(O)cc1. The highest BCUT2D eigenvalue weighted by Gasteiger charge is 2.43. The Labute approximate surface area is 170 Å². The van der Waals surface area contributed by atoms with Gasteiger partial charge < -0.3 is 15.1 Å². The molecule has 1 heterocycles. The van der Waals surface area contributed by atoms with Gasteiger partial charge in [0.05, 0.1) is 11.6 Å². The van der Waals surface area contributed by atoms with E-state index in [4.69, 9.17) is 0 Å². The summed E-state index contributed by atoms with van der Waals surface area (Å²) in [5, 5.41) is 20.1. The van der Waals surface area contributed by atoms with Gasteiger partial charge in [0.25, 0.3) is 5.91 Å². The lowest BCUT2D eigenvalue weighted by atomic mass is 9.95. The number of aromatic hydroxyl groups is 1. The number of Topliss-reactive ketones (excluding diaryl/α,β-unsaturated/α-hetero) is 1. The second kappa shape index (κ2) is 8.39. The molecule has 0 aromatic heterocycles. The first-order chi connectivity index (χ1) is 13.9. The van der Waals surface area contributed by atoms with Gasteiger partial charge in [-0.1, -0.05) is 19.1 Å². The number of carbonyl (C=O) groups excluding carboxylic acids is 2. The van der Waals surface area contributed by atoms with E-state index in [1.807, 2.05) is 24.3 Å². The van der Waals surface area contributed by atoms with E-state index < -0.39 is 17.7 Å². The monoisotopic (exact) mass is 394 g/mol. The van der Waals surface area contributed by atoms with Crippen molar-refractivity contribution in [1.82, 2.24) is 0 Å². The van der Waals surface area contributed by atoms with E-state index in [9.17, 15) is 19.8 Å². The minimum absolute atomic E-state index is 0.0877. The summed E-state index contributed by atoms with van der Waals surface area (Å²) in [4.78, 5) is 29.1. The molecule has 2 aromatic carbocycles. The van der Waals surface area contributed by atoms with Crippen molar-refractivity contribution < 1.29 is 19.8 Å². The predicted molar refractivity (Wildman–Crippen MR) is 113 cm³/mol. The Morgan fingerprint density at radius 2 is 1.55 bits per heavy atom. The normalized spacial score (nSPS) is 16.4. The fourth-order valence-electron chi connectivity index (χ4n) is 3.73. The van der Waals surface area contributed by atoms with Crippen LogP contribution in [0.5, 0.6) is 5.75 Å². The average molecular weight is 394 g/mol. The van der Waals surface area contributed by atoms with Crippen molar-refractivity contribution >= 4 is 23.1 Å². The Hall–Kier alpha value is -3.28. The zero-order valence-corrected chi connectivity index (χ0v) is 16.9. The van der Waals surface area contributed by atoms with Crippen LogP contribution >= 0.6 is 0 Å². The largest absolute Gasteiger partial charge is 0.508 e. The first kappa shape index (κ1) is 20.5. The molecule has 152 valence electrons. The van der Waals surface area contributed by atoms with Crippen molar-refractivity contribution in [2.45, 2.75) is 33.2 Å². The Morgan fingerprint density at radius 3 is 2.07 bits per heavy atom. The number of carbonyl (C=O) groups is 2. The van der Waals surface area contributed by atoms with Crippen LogP contribution in [0.25, 0.3) is 0 Å². The van der Waals surface area contributed by atoms with Gasteiger partial charge >= 0.3 is 0 Å². The van der Waals surface area contributed by atoms with Crippen molar-refractivity contribution in [3.63, 3.8) is 0 Å². The van der Waals surface area contributed by atoms with Crippen molar-refractivity contribution in [2.24, 2.45) is 0 Å². The number of ketones is 1. The molecule has 6 heteroatoms. The van der Waals surface area contributed by atoms with Gasteiger partial charge in [0, 0.05) is 30.9 Å². The van der Waals surface area contributed by atoms with E-state index in [-0.39, 0.29) is 23.5 Å². The lowest BCUT2D eigenvalue weighted by Gasteiger charge is -2.28. The van der Waals surface area contributed by atoms with E-state index >= 15 is 0 Å². The lowest BCUT2D eigenvalue weighted by Crippen LogP contribution is -2.31. The summed E-state index contributed by atoms with van der Waals surface area (Å²) in [7, 11) is 0. The van der Waals surface area contributed by atoms with Crippen molar-refractivity contribution in [3.05, 3.63) is 65.4 Å². The molecule has 3 rings (SSSR count). The number of aliphatic hydroxyl groups excluding tert-OH is 1. The number of hydrogen-bond donors (Lipinski definition) is 2. The minimum Gasteiger partial charge on any atom is -0.508 e. The fraction of sp³-hybridized carbons (Fsp3) is 0.304. The van der Waals surface area contributed by atoms with Crippen LogP contribution in [0.1, 0.15) is 38.8 Å². The van der Waals surface area contributed by atoms with E-state index in [0.29, 0.717) is 11.3 Å². The highest BCUT2D eigenvalue weighted by atomic mass is 16.3. The summed E-state index contributed by atoms with van der Waals surface area (Å²) >= 11 is 0. The molecule has 1 atom stereocenters. The van der Waals surface area contributed by atoms with Gasteiger partial charge in [-0.25, -0.2) is 0 Å². The third-order valence-electron chi connectivity index (χ3n) is 5.29. The van der Waals surface area contributed by atoms with Crippen LogP contribution in [0.4, 0.5) is 11.4 Å². The molecule has 0 saturated carbocycles. The summed E-state index contributed by atoms with van der Waals surface area (Å²) in [6.45, 7) is 7.58. The van der Waals surface area contributed by atoms with Gasteiger partial charge in [0.15, 0.2) is 11.5 Å². The minimum atomic E-state index is -0.741. The summed E-state index contributed by atoms with van der Waals surface area (Å²) in [5.74, 6) is -1.31. The van der Waals surface area contributed by atoms with Crippen molar-refractivity contribution in [1.29, 1.82) is 0 Å². The molecule has 1 aliphatic rings. The van der Waals surface area contributed by atoms with Gasteiger partial charge in [0.1, 0.15) is 5.75 Å². The van der Waals surface area contributed by atoms with Crippen LogP contribution in [0.3, 0.4) is 0 Å². The number of rotatable bonds is 7. The van der Waals surface area contributed by atoms with E-state index in [1.54, 1.807) is 19.1 Å². The topological polar surface area (TPSA) is 81.1 Å². The zero-order chi connectivity index (χ0) is 21.1. The van der Waals surface area contributed by atoms with Crippen LogP contribution in [0, 0.1) is 0 Å². The number of hydrogen-bond acceptors (Lipinski definition) is 5. The second-order valence-corrected chi connectivity index (χ2v) is 6.90. The molecule has 0 saturated heterocycles. The summed E-state index contributed by atoms with van der Waals surface area (Å²) in [6, 6.07) is 13.1. The molecule has 1 unspecified atom stereocenters. The first-order valence-electron chi connectivity index (χ1n) is 9.86. The first-order valence-corrected chi connectivity index (χ1v) is 9.86. The predicted octanol–water partition coefficient (Wildman–Crippen LogP) is 4.12. The summed E-state index contributed by atoms with van der Waals surface area (Å²) < 4.78 is 0. The van der Waals surface area contributed by atoms with Crippen LogP contribution in [0.15, 0.2) is 59.9 Å². The number of phenols is 1. The molecule has 0 fully saturated rings. The van der Waals surface area contributed by atoms with Gasteiger partial charge in [-0.3, -0.25) is 14.5 Å². The number of aliphatic hydroxyl groups is 1. The van der Waals surface area contributed by atoms with Crippen LogP contribution in [-0.2, 0) is 9.59 Å². The maximum absolute atomic E-state index is 12.9. The highest BCUT2D eigenvalue weighted by Crippen LogP contribution is 2.41. The Bertz CT molecular complexity index is 928. The van der Waals surface area contributed by atoms with Gasteiger partial charge in [-0.15, -0.1) is 0 Å². The van der Waals surface area contributed by atoms with Crippen LogP contribution < -0.4 is 9.80 Å². The maximum Gasteiger partial charge on any atom is 0.294 e. The third kappa shape index (κ3) is 3.70. The summed E-state index contributed by atoms with van der Waals surface area (Å²) in [6.07, 6.45) is 0.177. The molecular formula is C23H26N2O4. The molecule has 6 nitrogen and oxygen atoms in total. The average Bonchev–Trinajstić information content (AvgIpc) is 3.00. The molecular weight excluding hydrogens is 368 g/mol.